The van der Waals surface area contributed by atoms with E-state index in [-0.39, 0.29) is 11.6 Å². The highest BCUT2D eigenvalue weighted by molar-refractivity contribution is 5.94. The van der Waals surface area contributed by atoms with Crippen LogP contribution in [0, 0.1) is 17.0 Å². The van der Waals surface area contributed by atoms with Crippen LogP contribution in [0.5, 0.6) is 0 Å². The Hall–Kier alpha value is -2.70. The van der Waals surface area contributed by atoms with Crippen molar-refractivity contribution in [1.29, 1.82) is 0 Å². The van der Waals surface area contributed by atoms with Gasteiger partial charge in [-0.25, -0.2) is 0 Å². The van der Waals surface area contributed by atoms with Crippen LogP contribution in [-0.4, -0.2) is 32.6 Å². The number of nitro benzene ring substituents is 1. The maximum absolute atomic E-state index is 12.4. The Morgan fingerprint density at radius 3 is 2.73 bits per heavy atom. The average Bonchev–Trinajstić information content (AvgIpc) is 2.94. The van der Waals surface area contributed by atoms with Crippen LogP contribution < -0.4 is 0 Å². The SMILES string of the molecule is CCn1ccc(CN(C)C(=O)c2ccc(C)c([N+](=O)[O-])c2)n1. The smallest absolute Gasteiger partial charge is 0.273 e. The minimum Gasteiger partial charge on any atom is -0.336 e. The number of hydrogen-bond donors (Lipinski definition) is 0. The molecule has 2 rings (SSSR count). The van der Waals surface area contributed by atoms with E-state index in [2.05, 4.69) is 5.10 Å². The summed E-state index contributed by atoms with van der Waals surface area (Å²) in [5, 5.41) is 15.3. The molecule has 7 nitrogen and oxygen atoms in total. The predicted octanol–water partition coefficient (Wildman–Crippen LogP) is 2.39. The molecule has 0 bridgehead atoms. The van der Waals surface area contributed by atoms with Crippen molar-refractivity contribution in [2.75, 3.05) is 7.05 Å². The third-order valence-electron chi connectivity index (χ3n) is 3.42. The number of aromatic nitrogens is 2. The molecular formula is C15H18N4O3. The number of hydrogen-bond acceptors (Lipinski definition) is 4. The van der Waals surface area contributed by atoms with Gasteiger partial charge in [-0.2, -0.15) is 5.10 Å². The van der Waals surface area contributed by atoms with Crippen LogP contribution in [0.3, 0.4) is 0 Å². The fourth-order valence-corrected chi connectivity index (χ4v) is 2.14. The maximum atomic E-state index is 12.4. The van der Waals surface area contributed by atoms with Crippen molar-refractivity contribution in [3.63, 3.8) is 0 Å². The van der Waals surface area contributed by atoms with E-state index in [9.17, 15) is 14.9 Å². The third kappa shape index (κ3) is 3.30. The largest absolute Gasteiger partial charge is 0.336 e. The molecule has 0 saturated heterocycles. The first-order valence-corrected chi connectivity index (χ1v) is 6.95. The molecule has 1 aromatic carbocycles. The lowest BCUT2D eigenvalue weighted by Crippen LogP contribution is -2.26. The first-order valence-electron chi connectivity index (χ1n) is 6.95. The van der Waals surface area contributed by atoms with Gasteiger partial charge in [0.2, 0.25) is 0 Å². The topological polar surface area (TPSA) is 81.3 Å². The van der Waals surface area contributed by atoms with Crippen LogP contribution in [-0.2, 0) is 13.1 Å². The number of nitrogens with zero attached hydrogens (tertiary/aromatic N) is 4. The second-order valence-corrected chi connectivity index (χ2v) is 5.08. The molecule has 1 heterocycles. The highest BCUT2D eigenvalue weighted by Crippen LogP contribution is 2.20. The number of aryl methyl sites for hydroxylation is 2. The summed E-state index contributed by atoms with van der Waals surface area (Å²) in [4.78, 5) is 24.4. The van der Waals surface area contributed by atoms with Crippen molar-refractivity contribution >= 4 is 11.6 Å². The zero-order valence-electron chi connectivity index (χ0n) is 12.8. The van der Waals surface area contributed by atoms with Crippen molar-refractivity contribution in [2.24, 2.45) is 0 Å². The van der Waals surface area contributed by atoms with Gasteiger partial charge in [0, 0.05) is 37.0 Å². The van der Waals surface area contributed by atoms with E-state index >= 15 is 0 Å². The van der Waals surface area contributed by atoms with Gasteiger partial charge in [-0.3, -0.25) is 19.6 Å². The van der Waals surface area contributed by atoms with Gasteiger partial charge in [0.15, 0.2) is 0 Å². The van der Waals surface area contributed by atoms with E-state index < -0.39 is 4.92 Å². The Morgan fingerprint density at radius 1 is 1.41 bits per heavy atom. The molecule has 7 heteroatoms. The normalized spacial score (nSPS) is 10.5. The number of carbonyl (C=O) groups excluding carboxylic acids is 1. The van der Waals surface area contributed by atoms with Gasteiger partial charge < -0.3 is 4.90 Å². The molecule has 0 spiro atoms. The molecule has 0 atom stereocenters. The number of amides is 1. The van der Waals surface area contributed by atoms with Crippen LogP contribution in [0.1, 0.15) is 28.5 Å². The average molecular weight is 302 g/mol. The van der Waals surface area contributed by atoms with Crippen molar-refractivity contribution < 1.29 is 9.72 Å². The maximum Gasteiger partial charge on any atom is 0.273 e. The van der Waals surface area contributed by atoms with E-state index in [1.54, 1.807) is 30.8 Å². The summed E-state index contributed by atoms with van der Waals surface area (Å²) < 4.78 is 1.78. The van der Waals surface area contributed by atoms with Crippen LogP contribution >= 0.6 is 0 Å². The van der Waals surface area contributed by atoms with Crippen molar-refractivity contribution in [3.05, 3.63) is 57.4 Å². The fraction of sp³-hybridized carbons (Fsp3) is 0.333. The zero-order valence-corrected chi connectivity index (χ0v) is 12.8. The van der Waals surface area contributed by atoms with E-state index in [4.69, 9.17) is 0 Å². The molecule has 1 amide bonds. The Bertz CT molecular complexity index is 709. The van der Waals surface area contributed by atoms with Gasteiger partial charge in [0.25, 0.3) is 11.6 Å². The van der Waals surface area contributed by atoms with Crippen LogP contribution in [0.25, 0.3) is 0 Å². The molecule has 0 fully saturated rings. The minimum atomic E-state index is -0.477. The third-order valence-corrected chi connectivity index (χ3v) is 3.42. The molecular weight excluding hydrogens is 284 g/mol. The number of benzene rings is 1. The monoisotopic (exact) mass is 302 g/mol. The Balaban J connectivity index is 2.16. The van der Waals surface area contributed by atoms with Crippen LogP contribution in [0.15, 0.2) is 30.5 Å². The van der Waals surface area contributed by atoms with E-state index in [1.807, 2.05) is 19.2 Å². The van der Waals surface area contributed by atoms with Crippen molar-refractivity contribution in [2.45, 2.75) is 26.9 Å². The summed E-state index contributed by atoms with van der Waals surface area (Å²) >= 11 is 0. The zero-order chi connectivity index (χ0) is 16.3. The molecule has 22 heavy (non-hydrogen) atoms. The van der Waals surface area contributed by atoms with Gasteiger partial charge in [0.05, 0.1) is 17.2 Å². The van der Waals surface area contributed by atoms with Gasteiger partial charge >= 0.3 is 0 Å². The predicted molar refractivity (Wildman–Crippen MR) is 81.5 cm³/mol. The molecule has 0 aliphatic carbocycles. The van der Waals surface area contributed by atoms with Gasteiger partial charge in [-0.15, -0.1) is 0 Å². The van der Waals surface area contributed by atoms with Crippen molar-refractivity contribution in [3.8, 4) is 0 Å². The summed E-state index contributed by atoms with van der Waals surface area (Å²) in [6.07, 6.45) is 1.85. The van der Waals surface area contributed by atoms with Gasteiger partial charge in [-0.1, -0.05) is 6.07 Å². The Labute approximate surface area is 128 Å². The summed E-state index contributed by atoms with van der Waals surface area (Å²) in [6, 6.07) is 6.36. The summed E-state index contributed by atoms with van der Waals surface area (Å²) in [7, 11) is 1.65. The van der Waals surface area contributed by atoms with Crippen molar-refractivity contribution in [1.82, 2.24) is 14.7 Å². The van der Waals surface area contributed by atoms with E-state index in [0.717, 1.165) is 12.2 Å². The number of carbonyl (C=O) groups is 1. The van der Waals surface area contributed by atoms with E-state index in [0.29, 0.717) is 17.7 Å². The Kier molecular flexibility index (Phi) is 4.55. The summed E-state index contributed by atoms with van der Waals surface area (Å²) in [5.74, 6) is -0.269. The Morgan fingerprint density at radius 2 is 2.14 bits per heavy atom. The molecule has 2 aromatic rings. The highest BCUT2D eigenvalue weighted by atomic mass is 16.6. The van der Waals surface area contributed by atoms with Crippen LogP contribution in [0.2, 0.25) is 0 Å². The molecule has 0 N–H and O–H groups in total. The molecule has 116 valence electrons. The summed E-state index contributed by atoms with van der Waals surface area (Å²) in [5.41, 5.74) is 1.56. The second-order valence-electron chi connectivity index (χ2n) is 5.08. The minimum absolute atomic E-state index is 0.0467. The molecule has 0 radical (unpaired) electrons. The quantitative estimate of drug-likeness (QED) is 0.627. The number of nitro groups is 1. The first kappa shape index (κ1) is 15.7. The lowest BCUT2D eigenvalue weighted by molar-refractivity contribution is -0.385. The fourth-order valence-electron chi connectivity index (χ4n) is 2.14. The summed E-state index contributed by atoms with van der Waals surface area (Å²) in [6.45, 7) is 4.75. The lowest BCUT2D eigenvalue weighted by atomic mass is 10.1. The highest BCUT2D eigenvalue weighted by Gasteiger charge is 2.18. The molecule has 0 unspecified atom stereocenters. The number of rotatable bonds is 5. The molecule has 0 aliphatic rings. The van der Waals surface area contributed by atoms with Crippen LogP contribution in [0.4, 0.5) is 5.69 Å². The molecule has 0 aliphatic heterocycles. The second kappa shape index (κ2) is 6.38. The van der Waals surface area contributed by atoms with E-state index in [1.165, 1.54) is 11.0 Å². The molecule has 1 aromatic heterocycles. The van der Waals surface area contributed by atoms with Gasteiger partial charge in [-0.05, 0) is 26.0 Å². The molecule has 0 saturated carbocycles. The first-order chi connectivity index (χ1) is 10.4. The standard InChI is InChI=1S/C15H18N4O3/c1-4-18-8-7-13(16-18)10-17(3)15(20)12-6-5-11(2)14(9-12)19(21)22/h5-9H,4,10H2,1-3H3. The van der Waals surface area contributed by atoms with Gasteiger partial charge in [0.1, 0.15) is 0 Å². The lowest BCUT2D eigenvalue weighted by Gasteiger charge is -2.16.